The first-order valence-electron chi connectivity index (χ1n) is 9.09. The van der Waals surface area contributed by atoms with Crippen LogP contribution in [0.1, 0.15) is 41.1 Å². The maximum Gasteiger partial charge on any atom is 0.257 e. The lowest BCUT2D eigenvalue weighted by atomic mass is 9.88. The lowest BCUT2D eigenvalue weighted by Gasteiger charge is -2.39. The molecule has 26 heavy (non-hydrogen) atoms. The number of ether oxygens (including phenoxy) is 1. The Morgan fingerprint density at radius 2 is 2.19 bits per heavy atom. The van der Waals surface area contributed by atoms with Crippen molar-refractivity contribution >= 4 is 11.7 Å². The first-order chi connectivity index (χ1) is 12.5. The molecule has 4 rings (SSSR count). The minimum atomic E-state index is -0.276. The summed E-state index contributed by atoms with van der Waals surface area (Å²) in [6.07, 6.45) is 4.34. The summed E-state index contributed by atoms with van der Waals surface area (Å²) in [7, 11) is 0. The number of aromatic nitrogens is 2. The number of hydrogen-bond acceptors (Lipinski definition) is 6. The molecule has 2 atom stereocenters. The van der Waals surface area contributed by atoms with E-state index in [-0.39, 0.29) is 17.6 Å². The molecule has 4 heterocycles. The molecule has 2 unspecified atom stereocenters. The Balaban J connectivity index is 1.41. The highest BCUT2D eigenvalue weighted by atomic mass is 16.5. The van der Waals surface area contributed by atoms with Crippen molar-refractivity contribution in [3.8, 4) is 0 Å². The van der Waals surface area contributed by atoms with Gasteiger partial charge in [0.2, 0.25) is 0 Å². The first kappa shape index (κ1) is 17.0. The number of aryl methyl sites for hydroxylation is 2. The molecule has 2 aromatic rings. The molecule has 2 saturated heterocycles. The SMILES string of the molecule is Cc1ccc(NC2COC3(CCCN(C(=O)c4ccoc4C)C3)C2)nn1. The van der Waals surface area contributed by atoms with Crippen molar-refractivity contribution in [2.45, 2.75) is 44.8 Å². The second kappa shape index (κ2) is 6.72. The zero-order valence-electron chi connectivity index (χ0n) is 15.2. The van der Waals surface area contributed by atoms with Crippen LogP contribution in [0, 0.1) is 13.8 Å². The average molecular weight is 356 g/mol. The molecule has 2 aliphatic heterocycles. The Hall–Kier alpha value is -2.41. The van der Waals surface area contributed by atoms with Gasteiger partial charge in [0.25, 0.3) is 5.91 Å². The van der Waals surface area contributed by atoms with Gasteiger partial charge in [0, 0.05) is 13.0 Å². The summed E-state index contributed by atoms with van der Waals surface area (Å²) in [5, 5.41) is 11.7. The maximum atomic E-state index is 12.8. The Kier molecular flexibility index (Phi) is 4.40. The Labute approximate surface area is 152 Å². The van der Waals surface area contributed by atoms with Crippen LogP contribution >= 0.6 is 0 Å². The number of anilines is 1. The van der Waals surface area contributed by atoms with E-state index in [1.54, 1.807) is 12.3 Å². The lowest BCUT2D eigenvalue weighted by molar-refractivity contribution is -0.0447. The van der Waals surface area contributed by atoms with Crippen LogP contribution in [0.4, 0.5) is 5.82 Å². The molecule has 1 spiro atoms. The fourth-order valence-electron chi connectivity index (χ4n) is 3.96. The Bertz CT molecular complexity index is 788. The van der Waals surface area contributed by atoms with E-state index in [4.69, 9.17) is 9.15 Å². The number of nitrogens with zero attached hydrogens (tertiary/aromatic N) is 3. The van der Waals surface area contributed by atoms with Crippen molar-refractivity contribution < 1.29 is 13.9 Å². The number of nitrogens with one attached hydrogen (secondary N) is 1. The van der Waals surface area contributed by atoms with E-state index in [0.29, 0.717) is 24.5 Å². The first-order valence-corrected chi connectivity index (χ1v) is 9.09. The molecule has 0 saturated carbocycles. The molecule has 7 nitrogen and oxygen atoms in total. The molecule has 0 aromatic carbocycles. The third-order valence-corrected chi connectivity index (χ3v) is 5.27. The summed E-state index contributed by atoms with van der Waals surface area (Å²) in [6, 6.07) is 5.80. The van der Waals surface area contributed by atoms with Gasteiger partial charge in [-0.1, -0.05) is 0 Å². The van der Waals surface area contributed by atoms with E-state index in [2.05, 4.69) is 15.5 Å². The molecule has 2 aromatic heterocycles. The van der Waals surface area contributed by atoms with Crippen molar-refractivity contribution in [2.75, 3.05) is 25.0 Å². The molecule has 2 fully saturated rings. The normalized spacial score (nSPS) is 25.6. The summed E-state index contributed by atoms with van der Waals surface area (Å²) in [6.45, 7) is 5.73. The van der Waals surface area contributed by atoms with Crippen LogP contribution in [0.3, 0.4) is 0 Å². The smallest absolute Gasteiger partial charge is 0.257 e. The van der Waals surface area contributed by atoms with Gasteiger partial charge in [-0.3, -0.25) is 4.79 Å². The van der Waals surface area contributed by atoms with Crippen molar-refractivity contribution in [3.63, 3.8) is 0 Å². The van der Waals surface area contributed by atoms with Crippen molar-refractivity contribution in [3.05, 3.63) is 41.5 Å². The number of hydrogen-bond donors (Lipinski definition) is 1. The summed E-state index contributed by atoms with van der Waals surface area (Å²) in [5.41, 5.74) is 1.26. The van der Waals surface area contributed by atoms with Gasteiger partial charge in [-0.25, -0.2) is 0 Å². The zero-order chi connectivity index (χ0) is 18.1. The van der Waals surface area contributed by atoms with Crippen LogP contribution in [0.5, 0.6) is 0 Å². The molecular formula is C19H24N4O3. The van der Waals surface area contributed by atoms with Gasteiger partial charge in [0.15, 0.2) is 0 Å². The lowest BCUT2D eigenvalue weighted by Crippen LogP contribution is -2.50. The fraction of sp³-hybridized carbons (Fsp3) is 0.526. The highest BCUT2D eigenvalue weighted by molar-refractivity contribution is 5.95. The van der Waals surface area contributed by atoms with Crippen LogP contribution in [-0.2, 0) is 4.74 Å². The van der Waals surface area contributed by atoms with E-state index in [1.165, 1.54) is 0 Å². The molecule has 0 bridgehead atoms. The van der Waals surface area contributed by atoms with E-state index in [0.717, 1.165) is 37.3 Å². The molecule has 7 heteroatoms. The van der Waals surface area contributed by atoms with Gasteiger partial charge in [-0.15, -0.1) is 5.10 Å². The minimum Gasteiger partial charge on any atom is -0.469 e. The van der Waals surface area contributed by atoms with Gasteiger partial charge in [0.1, 0.15) is 11.6 Å². The Morgan fingerprint density at radius 1 is 1.31 bits per heavy atom. The average Bonchev–Trinajstić information content (AvgIpc) is 3.23. The number of carbonyl (C=O) groups is 1. The highest BCUT2D eigenvalue weighted by Gasteiger charge is 2.44. The van der Waals surface area contributed by atoms with E-state index >= 15 is 0 Å². The number of furan rings is 1. The van der Waals surface area contributed by atoms with Crippen LogP contribution < -0.4 is 5.32 Å². The summed E-state index contributed by atoms with van der Waals surface area (Å²) in [4.78, 5) is 14.7. The number of likely N-dealkylation sites (tertiary alicyclic amines) is 1. The van der Waals surface area contributed by atoms with Crippen molar-refractivity contribution in [1.29, 1.82) is 0 Å². The second-order valence-electron chi connectivity index (χ2n) is 7.32. The topological polar surface area (TPSA) is 80.5 Å². The number of carbonyl (C=O) groups excluding carboxylic acids is 1. The maximum absolute atomic E-state index is 12.8. The number of rotatable bonds is 3. The molecule has 1 amide bonds. The third-order valence-electron chi connectivity index (χ3n) is 5.27. The second-order valence-corrected chi connectivity index (χ2v) is 7.32. The molecule has 2 aliphatic rings. The molecule has 0 aliphatic carbocycles. The van der Waals surface area contributed by atoms with Gasteiger partial charge in [-0.05, 0) is 44.9 Å². The largest absolute Gasteiger partial charge is 0.469 e. The minimum absolute atomic E-state index is 0.0275. The van der Waals surface area contributed by atoms with Crippen LogP contribution in [0.15, 0.2) is 28.9 Å². The van der Waals surface area contributed by atoms with Crippen LogP contribution in [0.2, 0.25) is 0 Å². The van der Waals surface area contributed by atoms with Gasteiger partial charge >= 0.3 is 0 Å². The van der Waals surface area contributed by atoms with Gasteiger partial charge in [0.05, 0.1) is 42.3 Å². The molecule has 0 radical (unpaired) electrons. The van der Waals surface area contributed by atoms with Gasteiger partial charge < -0.3 is 19.4 Å². The van der Waals surface area contributed by atoms with Gasteiger partial charge in [-0.2, -0.15) is 5.10 Å². The van der Waals surface area contributed by atoms with Crippen molar-refractivity contribution in [1.82, 2.24) is 15.1 Å². The predicted molar refractivity (Wildman–Crippen MR) is 96.1 cm³/mol. The predicted octanol–water partition coefficient (Wildman–Crippen LogP) is 2.56. The van der Waals surface area contributed by atoms with Crippen LogP contribution in [-0.4, -0.2) is 52.3 Å². The Morgan fingerprint density at radius 3 is 2.92 bits per heavy atom. The molecule has 1 N–H and O–H groups in total. The highest BCUT2D eigenvalue weighted by Crippen LogP contribution is 2.36. The summed E-state index contributed by atoms with van der Waals surface area (Å²) < 4.78 is 11.5. The molecular weight excluding hydrogens is 332 g/mol. The van der Waals surface area contributed by atoms with Crippen molar-refractivity contribution in [2.24, 2.45) is 0 Å². The quantitative estimate of drug-likeness (QED) is 0.910. The van der Waals surface area contributed by atoms with E-state index in [9.17, 15) is 4.79 Å². The zero-order valence-corrected chi connectivity index (χ0v) is 15.2. The summed E-state index contributed by atoms with van der Waals surface area (Å²) in [5.74, 6) is 1.46. The molecule has 138 valence electrons. The summed E-state index contributed by atoms with van der Waals surface area (Å²) >= 11 is 0. The third kappa shape index (κ3) is 3.31. The standard InChI is InChI=1S/C19H24N4O3/c1-13-4-5-17(22-21-13)20-15-10-19(26-11-15)7-3-8-23(12-19)18(24)16-6-9-25-14(16)2/h4-6,9,15H,3,7-8,10-12H2,1-2H3,(H,20,22). The van der Waals surface area contributed by atoms with Crippen LogP contribution in [0.25, 0.3) is 0 Å². The number of amides is 1. The monoisotopic (exact) mass is 356 g/mol. The van der Waals surface area contributed by atoms with E-state index < -0.39 is 0 Å². The van der Waals surface area contributed by atoms with E-state index in [1.807, 2.05) is 30.9 Å². The fourth-order valence-corrected chi connectivity index (χ4v) is 3.96. The number of piperidine rings is 1.